The standard InChI is InChI=1S/C22H24ClN5O4/c23-15-5-8-18(25-12-15)27-22(31)20-17(2-1-9-24-20)26-21(30)14-3-6-16(7-4-14)28-10-11-32-13-19(28)29/h1-2,5,8-9,12,14,16H,3-4,6-7,10-11,13H2,(H,26,30)(H,25,27,31)/t14-,16-. The number of hydrogen-bond acceptors (Lipinski definition) is 6. The van der Waals surface area contributed by atoms with Crippen molar-refractivity contribution in [1.29, 1.82) is 0 Å². The highest BCUT2D eigenvalue weighted by Gasteiger charge is 2.33. The van der Waals surface area contributed by atoms with Gasteiger partial charge in [-0.05, 0) is 49.9 Å². The van der Waals surface area contributed by atoms with Gasteiger partial charge in [0.25, 0.3) is 5.91 Å². The zero-order valence-electron chi connectivity index (χ0n) is 17.4. The zero-order chi connectivity index (χ0) is 22.5. The van der Waals surface area contributed by atoms with Gasteiger partial charge in [0.1, 0.15) is 12.4 Å². The summed E-state index contributed by atoms with van der Waals surface area (Å²) < 4.78 is 5.20. The van der Waals surface area contributed by atoms with Crippen molar-refractivity contribution >= 4 is 40.8 Å². The lowest BCUT2D eigenvalue weighted by atomic mass is 9.84. The number of ether oxygens (including phenoxy) is 1. The lowest BCUT2D eigenvalue weighted by Gasteiger charge is -2.38. The van der Waals surface area contributed by atoms with Crippen LogP contribution in [0.1, 0.15) is 36.2 Å². The number of aromatic nitrogens is 2. The minimum atomic E-state index is -0.481. The van der Waals surface area contributed by atoms with Crippen LogP contribution in [-0.2, 0) is 14.3 Å². The molecule has 32 heavy (non-hydrogen) atoms. The molecular formula is C22H24ClN5O4. The van der Waals surface area contributed by atoms with E-state index in [1.165, 1.54) is 12.4 Å². The van der Waals surface area contributed by atoms with Gasteiger partial charge in [0.15, 0.2) is 5.69 Å². The third-order valence-corrected chi connectivity index (χ3v) is 6.00. The minimum Gasteiger partial charge on any atom is -0.370 e. The first-order valence-electron chi connectivity index (χ1n) is 10.6. The largest absolute Gasteiger partial charge is 0.370 e. The summed E-state index contributed by atoms with van der Waals surface area (Å²) in [5.74, 6) is -0.464. The van der Waals surface area contributed by atoms with Crippen LogP contribution < -0.4 is 10.6 Å². The lowest BCUT2D eigenvalue weighted by Crippen LogP contribution is -2.49. The van der Waals surface area contributed by atoms with Crippen molar-refractivity contribution in [2.75, 3.05) is 30.4 Å². The number of pyridine rings is 2. The topological polar surface area (TPSA) is 114 Å². The molecule has 0 atom stereocenters. The molecule has 2 fully saturated rings. The molecule has 1 aliphatic heterocycles. The number of rotatable bonds is 5. The van der Waals surface area contributed by atoms with Crippen molar-refractivity contribution in [1.82, 2.24) is 14.9 Å². The zero-order valence-corrected chi connectivity index (χ0v) is 18.2. The normalized spacial score (nSPS) is 21.2. The van der Waals surface area contributed by atoms with Gasteiger partial charge in [0.2, 0.25) is 11.8 Å². The highest BCUT2D eigenvalue weighted by Crippen LogP contribution is 2.29. The molecule has 0 aromatic carbocycles. The number of nitrogens with zero attached hydrogens (tertiary/aromatic N) is 3. The second kappa shape index (κ2) is 10.1. The predicted molar refractivity (Wildman–Crippen MR) is 118 cm³/mol. The van der Waals surface area contributed by atoms with Gasteiger partial charge in [0, 0.05) is 30.9 Å². The molecule has 1 aliphatic carbocycles. The fourth-order valence-electron chi connectivity index (χ4n) is 4.11. The van der Waals surface area contributed by atoms with Crippen LogP contribution in [0.25, 0.3) is 0 Å². The van der Waals surface area contributed by atoms with Crippen LogP contribution >= 0.6 is 11.6 Å². The first-order valence-corrected chi connectivity index (χ1v) is 10.9. The van der Waals surface area contributed by atoms with Gasteiger partial charge in [-0.2, -0.15) is 0 Å². The van der Waals surface area contributed by atoms with Crippen LogP contribution in [0.2, 0.25) is 5.02 Å². The van der Waals surface area contributed by atoms with Crippen molar-refractivity contribution < 1.29 is 19.1 Å². The molecule has 0 radical (unpaired) electrons. The van der Waals surface area contributed by atoms with E-state index < -0.39 is 5.91 Å². The van der Waals surface area contributed by atoms with Crippen molar-refractivity contribution in [3.8, 4) is 0 Å². The van der Waals surface area contributed by atoms with Gasteiger partial charge in [-0.15, -0.1) is 0 Å². The number of morpholine rings is 1. The molecular weight excluding hydrogens is 434 g/mol. The number of carbonyl (C=O) groups excluding carboxylic acids is 3. The molecule has 2 aliphatic rings. The Balaban J connectivity index is 1.36. The maximum atomic E-state index is 12.9. The molecule has 3 heterocycles. The third kappa shape index (κ3) is 5.23. The predicted octanol–water partition coefficient (Wildman–Crippen LogP) is 2.74. The Morgan fingerprint density at radius 2 is 1.91 bits per heavy atom. The highest BCUT2D eigenvalue weighted by atomic mass is 35.5. The molecule has 168 valence electrons. The summed E-state index contributed by atoms with van der Waals surface area (Å²) in [5, 5.41) is 5.97. The second-order valence-corrected chi connectivity index (χ2v) is 8.29. The van der Waals surface area contributed by atoms with Crippen LogP contribution in [0.3, 0.4) is 0 Å². The molecule has 0 bridgehead atoms. The minimum absolute atomic E-state index is 0.0188. The Labute approximate surface area is 190 Å². The molecule has 9 nitrogen and oxygen atoms in total. The number of anilines is 2. The average molecular weight is 458 g/mol. The fraction of sp³-hybridized carbons (Fsp3) is 0.409. The Bertz CT molecular complexity index is 992. The van der Waals surface area contributed by atoms with Crippen LogP contribution in [-0.4, -0.2) is 58.4 Å². The van der Waals surface area contributed by atoms with Gasteiger partial charge in [-0.3, -0.25) is 14.4 Å². The smallest absolute Gasteiger partial charge is 0.277 e. The summed E-state index contributed by atoms with van der Waals surface area (Å²) in [4.78, 5) is 47.7. The van der Waals surface area contributed by atoms with E-state index in [0.29, 0.717) is 42.5 Å². The first-order chi connectivity index (χ1) is 15.5. The summed E-state index contributed by atoms with van der Waals surface area (Å²) >= 11 is 5.82. The molecule has 10 heteroatoms. The van der Waals surface area contributed by atoms with Crippen LogP contribution in [0.5, 0.6) is 0 Å². The van der Waals surface area contributed by atoms with E-state index in [1.54, 1.807) is 24.3 Å². The van der Waals surface area contributed by atoms with E-state index in [4.69, 9.17) is 16.3 Å². The van der Waals surface area contributed by atoms with E-state index in [-0.39, 0.29) is 36.1 Å². The summed E-state index contributed by atoms with van der Waals surface area (Å²) in [6, 6.07) is 6.66. The third-order valence-electron chi connectivity index (χ3n) is 5.78. The van der Waals surface area contributed by atoms with E-state index in [9.17, 15) is 14.4 Å². The molecule has 2 aromatic rings. The number of halogens is 1. The highest BCUT2D eigenvalue weighted by molar-refractivity contribution is 6.30. The van der Waals surface area contributed by atoms with Crippen molar-refractivity contribution in [2.45, 2.75) is 31.7 Å². The molecule has 0 unspecified atom stereocenters. The maximum absolute atomic E-state index is 12.9. The molecule has 4 rings (SSSR count). The Morgan fingerprint density at radius 3 is 2.62 bits per heavy atom. The summed E-state index contributed by atoms with van der Waals surface area (Å²) in [6.07, 6.45) is 5.82. The van der Waals surface area contributed by atoms with Gasteiger partial charge in [-0.25, -0.2) is 9.97 Å². The Morgan fingerprint density at radius 1 is 1.09 bits per heavy atom. The van der Waals surface area contributed by atoms with E-state index >= 15 is 0 Å². The second-order valence-electron chi connectivity index (χ2n) is 7.85. The quantitative estimate of drug-likeness (QED) is 0.713. The Kier molecular flexibility index (Phi) is 6.96. The number of nitrogens with one attached hydrogen (secondary N) is 2. The molecule has 3 amide bonds. The SMILES string of the molecule is O=C(Nc1ccc(Cl)cn1)c1ncccc1NC(=O)[C@H]1CC[C@H](N2CCOCC2=O)CC1. The van der Waals surface area contributed by atoms with Crippen LogP contribution in [0, 0.1) is 5.92 Å². The van der Waals surface area contributed by atoms with Crippen LogP contribution in [0.15, 0.2) is 36.7 Å². The molecule has 1 saturated heterocycles. The van der Waals surface area contributed by atoms with Crippen molar-refractivity contribution in [3.63, 3.8) is 0 Å². The lowest BCUT2D eigenvalue weighted by molar-refractivity contribution is -0.146. The van der Waals surface area contributed by atoms with E-state index in [2.05, 4.69) is 20.6 Å². The number of amides is 3. The first kappa shape index (κ1) is 22.2. The van der Waals surface area contributed by atoms with Gasteiger partial charge in [0.05, 0.1) is 17.3 Å². The maximum Gasteiger partial charge on any atom is 0.277 e. The summed E-state index contributed by atoms with van der Waals surface area (Å²) in [6.45, 7) is 1.30. The van der Waals surface area contributed by atoms with Crippen LogP contribution in [0.4, 0.5) is 11.5 Å². The molecule has 2 N–H and O–H groups in total. The van der Waals surface area contributed by atoms with Gasteiger partial charge >= 0.3 is 0 Å². The van der Waals surface area contributed by atoms with Crippen molar-refractivity contribution in [3.05, 3.63) is 47.4 Å². The molecule has 1 saturated carbocycles. The fourth-order valence-corrected chi connectivity index (χ4v) is 4.22. The summed E-state index contributed by atoms with van der Waals surface area (Å²) in [7, 11) is 0. The number of hydrogen-bond donors (Lipinski definition) is 2. The van der Waals surface area contributed by atoms with E-state index in [0.717, 1.165) is 12.8 Å². The van der Waals surface area contributed by atoms with Gasteiger partial charge in [-0.1, -0.05) is 11.6 Å². The molecule has 0 spiro atoms. The number of carbonyl (C=O) groups is 3. The monoisotopic (exact) mass is 457 g/mol. The van der Waals surface area contributed by atoms with Gasteiger partial charge < -0.3 is 20.3 Å². The Hall–Kier alpha value is -3.04. The molecule has 2 aromatic heterocycles. The summed E-state index contributed by atoms with van der Waals surface area (Å²) in [5.41, 5.74) is 0.444. The average Bonchev–Trinajstić information content (AvgIpc) is 2.81. The van der Waals surface area contributed by atoms with Crippen molar-refractivity contribution in [2.24, 2.45) is 5.92 Å². The van der Waals surface area contributed by atoms with E-state index in [1.807, 2.05) is 4.90 Å².